The molecule has 0 N–H and O–H groups in total. The van der Waals surface area contributed by atoms with Gasteiger partial charge in [-0.2, -0.15) is 4.31 Å². The second kappa shape index (κ2) is 9.00. The number of nitrogens with zero attached hydrogens (tertiary/aromatic N) is 4. The molecule has 3 aromatic rings. The van der Waals surface area contributed by atoms with Gasteiger partial charge in [0.2, 0.25) is 10.0 Å². The lowest BCUT2D eigenvalue weighted by molar-refractivity contribution is 0.384. The van der Waals surface area contributed by atoms with Crippen molar-refractivity contribution in [2.45, 2.75) is 4.90 Å². The van der Waals surface area contributed by atoms with Gasteiger partial charge in [0.05, 0.1) is 17.8 Å². The summed E-state index contributed by atoms with van der Waals surface area (Å²) in [7, 11) is -2.11. The van der Waals surface area contributed by atoms with Gasteiger partial charge in [0.1, 0.15) is 22.8 Å². The van der Waals surface area contributed by atoms with Gasteiger partial charge in [0, 0.05) is 42.8 Å². The summed E-state index contributed by atoms with van der Waals surface area (Å²) < 4.78 is 32.7. The number of rotatable bonds is 5. The van der Waals surface area contributed by atoms with Gasteiger partial charge in [-0.15, -0.1) is 0 Å². The first-order valence-corrected chi connectivity index (χ1v) is 11.7. The molecule has 0 bridgehead atoms. The molecule has 31 heavy (non-hydrogen) atoms. The van der Waals surface area contributed by atoms with Crippen LogP contribution in [0.1, 0.15) is 0 Å². The zero-order chi connectivity index (χ0) is 22.0. The minimum atomic E-state index is -3.73. The highest BCUT2D eigenvalue weighted by Gasteiger charge is 2.30. The molecule has 162 valence electrons. The fourth-order valence-corrected chi connectivity index (χ4v) is 5.57. The summed E-state index contributed by atoms with van der Waals surface area (Å²) in [5.74, 6) is 1.52. The number of anilines is 1. The Balaban J connectivity index is 1.49. The van der Waals surface area contributed by atoms with Gasteiger partial charge < -0.3 is 9.64 Å². The largest absolute Gasteiger partial charge is 0.497 e. The minimum absolute atomic E-state index is 0.0268. The van der Waals surface area contributed by atoms with Crippen LogP contribution in [0, 0.1) is 0 Å². The molecule has 0 aliphatic carbocycles. The molecular weight excluding hydrogens is 459 g/mol. The van der Waals surface area contributed by atoms with Crippen LogP contribution in [-0.4, -0.2) is 56.0 Å². The molecule has 10 heteroatoms. The Kier molecular flexibility index (Phi) is 6.34. The van der Waals surface area contributed by atoms with E-state index in [-0.39, 0.29) is 9.92 Å². The zero-order valence-electron chi connectivity index (χ0n) is 16.7. The van der Waals surface area contributed by atoms with Gasteiger partial charge in [-0.25, -0.2) is 18.4 Å². The Bertz CT molecular complexity index is 1180. The lowest BCUT2D eigenvalue weighted by Crippen LogP contribution is -2.49. The van der Waals surface area contributed by atoms with E-state index in [1.54, 1.807) is 13.2 Å². The summed E-state index contributed by atoms with van der Waals surface area (Å²) in [4.78, 5) is 10.8. The van der Waals surface area contributed by atoms with Gasteiger partial charge in [0.15, 0.2) is 0 Å². The zero-order valence-corrected chi connectivity index (χ0v) is 19.0. The van der Waals surface area contributed by atoms with Crippen molar-refractivity contribution in [3.63, 3.8) is 0 Å². The average molecular weight is 479 g/mol. The van der Waals surface area contributed by atoms with Gasteiger partial charge >= 0.3 is 0 Å². The third kappa shape index (κ3) is 4.62. The summed E-state index contributed by atoms with van der Waals surface area (Å²) in [6, 6.07) is 14.0. The Morgan fingerprint density at radius 2 is 1.65 bits per heavy atom. The van der Waals surface area contributed by atoms with E-state index >= 15 is 0 Å². The lowest BCUT2D eigenvalue weighted by Gasteiger charge is -2.34. The van der Waals surface area contributed by atoms with Crippen molar-refractivity contribution in [3.8, 4) is 17.0 Å². The van der Waals surface area contributed by atoms with Crippen molar-refractivity contribution < 1.29 is 13.2 Å². The third-order valence-electron chi connectivity index (χ3n) is 5.11. The molecule has 1 aromatic heterocycles. The molecule has 2 heterocycles. The van der Waals surface area contributed by atoms with Gasteiger partial charge in [0.25, 0.3) is 0 Å². The van der Waals surface area contributed by atoms with E-state index in [0.717, 1.165) is 22.8 Å². The molecule has 1 saturated heterocycles. The van der Waals surface area contributed by atoms with E-state index in [1.165, 1.54) is 22.8 Å². The quantitative estimate of drug-likeness (QED) is 0.552. The Hall–Kier alpha value is -2.39. The number of halogens is 2. The normalized spacial score (nSPS) is 15.1. The van der Waals surface area contributed by atoms with Crippen LogP contribution in [0.3, 0.4) is 0 Å². The van der Waals surface area contributed by atoms with Crippen molar-refractivity contribution in [1.29, 1.82) is 0 Å². The standard InChI is InChI=1S/C21H20Cl2N4O3S/c1-30-17-5-2-15(3-6-17)19-13-21(25-14-24-19)26-8-10-27(11-9-26)31(28,29)20-12-16(22)4-7-18(20)23/h2-7,12-14H,8-11H2,1H3. The minimum Gasteiger partial charge on any atom is -0.497 e. The first-order valence-electron chi connectivity index (χ1n) is 9.55. The van der Waals surface area contributed by atoms with E-state index in [0.29, 0.717) is 31.2 Å². The first-order chi connectivity index (χ1) is 14.9. The monoisotopic (exact) mass is 478 g/mol. The van der Waals surface area contributed by atoms with Crippen molar-refractivity contribution >= 4 is 39.0 Å². The maximum Gasteiger partial charge on any atom is 0.244 e. The third-order valence-corrected chi connectivity index (χ3v) is 7.73. The first kappa shape index (κ1) is 21.8. The van der Waals surface area contributed by atoms with E-state index in [1.807, 2.05) is 35.2 Å². The highest BCUT2D eigenvalue weighted by Crippen LogP contribution is 2.29. The lowest BCUT2D eigenvalue weighted by atomic mass is 10.1. The van der Waals surface area contributed by atoms with Crippen LogP contribution < -0.4 is 9.64 Å². The van der Waals surface area contributed by atoms with Crippen molar-refractivity contribution in [2.24, 2.45) is 0 Å². The number of piperazine rings is 1. The number of sulfonamides is 1. The van der Waals surface area contributed by atoms with Gasteiger partial charge in [-0.3, -0.25) is 0 Å². The van der Waals surface area contributed by atoms with E-state index in [2.05, 4.69) is 9.97 Å². The Labute approximate surface area is 191 Å². The molecule has 0 unspecified atom stereocenters. The van der Waals surface area contributed by atoms with Crippen LogP contribution in [0.5, 0.6) is 5.75 Å². The van der Waals surface area contributed by atoms with Crippen LogP contribution in [0.4, 0.5) is 5.82 Å². The molecule has 2 aromatic carbocycles. The molecule has 7 nitrogen and oxygen atoms in total. The smallest absolute Gasteiger partial charge is 0.244 e. The van der Waals surface area contributed by atoms with Gasteiger partial charge in [-0.05, 0) is 42.5 Å². The van der Waals surface area contributed by atoms with E-state index in [4.69, 9.17) is 27.9 Å². The van der Waals surface area contributed by atoms with Crippen LogP contribution in [0.2, 0.25) is 10.0 Å². The molecular formula is C21H20Cl2N4O3S. The molecule has 1 aliphatic rings. The van der Waals surface area contributed by atoms with Gasteiger partial charge in [-0.1, -0.05) is 23.2 Å². The van der Waals surface area contributed by atoms with Crippen LogP contribution in [0.25, 0.3) is 11.3 Å². The number of methoxy groups -OCH3 is 1. The molecule has 4 rings (SSSR count). The molecule has 1 aliphatic heterocycles. The molecule has 0 radical (unpaired) electrons. The maximum absolute atomic E-state index is 13.0. The topological polar surface area (TPSA) is 75.6 Å². The number of hydrogen-bond acceptors (Lipinski definition) is 6. The predicted molar refractivity (Wildman–Crippen MR) is 121 cm³/mol. The number of aromatic nitrogens is 2. The fraction of sp³-hybridized carbons (Fsp3) is 0.238. The molecule has 0 spiro atoms. The highest BCUT2D eigenvalue weighted by molar-refractivity contribution is 7.89. The Morgan fingerprint density at radius 1 is 0.935 bits per heavy atom. The second-order valence-corrected chi connectivity index (χ2v) is 9.71. The summed E-state index contributed by atoms with van der Waals surface area (Å²) in [6.45, 7) is 1.62. The fourth-order valence-electron chi connectivity index (χ4n) is 3.41. The maximum atomic E-state index is 13.0. The summed E-state index contributed by atoms with van der Waals surface area (Å²) in [6.07, 6.45) is 1.52. The van der Waals surface area contributed by atoms with Crippen LogP contribution in [0.15, 0.2) is 59.8 Å². The van der Waals surface area contributed by atoms with Crippen LogP contribution in [-0.2, 0) is 10.0 Å². The number of hydrogen-bond donors (Lipinski definition) is 0. The van der Waals surface area contributed by atoms with Crippen LogP contribution >= 0.6 is 23.2 Å². The van der Waals surface area contributed by atoms with Crippen molar-refractivity contribution in [3.05, 3.63) is 64.9 Å². The summed E-state index contributed by atoms with van der Waals surface area (Å²) in [5.41, 5.74) is 1.73. The molecule has 0 amide bonds. The van der Waals surface area contributed by atoms with Crippen molar-refractivity contribution in [1.82, 2.24) is 14.3 Å². The van der Waals surface area contributed by atoms with Crippen molar-refractivity contribution in [2.75, 3.05) is 38.2 Å². The molecule has 0 saturated carbocycles. The summed E-state index contributed by atoms with van der Waals surface area (Å²) in [5, 5.41) is 0.487. The van der Waals surface area contributed by atoms with E-state index in [9.17, 15) is 8.42 Å². The summed E-state index contributed by atoms with van der Waals surface area (Å²) >= 11 is 12.1. The molecule has 1 fully saturated rings. The Morgan fingerprint density at radius 3 is 2.32 bits per heavy atom. The second-order valence-electron chi connectivity index (χ2n) is 6.96. The SMILES string of the molecule is COc1ccc(-c2cc(N3CCN(S(=O)(=O)c4cc(Cl)ccc4Cl)CC3)ncn2)cc1. The average Bonchev–Trinajstić information content (AvgIpc) is 2.81. The predicted octanol–water partition coefficient (Wildman–Crippen LogP) is 3.97. The number of ether oxygens (including phenoxy) is 1. The molecule has 0 atom stereocenters. The highest BCUT2D eigenvalue weighted by atomic mass is 35.5. The number of benzene rings is 2. The van der Waals surface area contributed by atoms with E-state index < -0.39 is 10.0 Å².